The summed E-state index contributed by atoms with van der Waals surface area (Å²) in [7, 11) is 1.58. The van der Waals surface area contributed by atoms with E-state index in [-0.39, 0.29) is 19.1 Å². The zero-order valence-electron chi connectivity index (χ0n) is 14.5. The van der Waals surface area contributed by atoms with Crippen molar-refractivity contribution in [2.75, 3.05) is 20.3 Å². The van der Waals surface area contributed by atoms with Gasteiger partial charge in [0.05, 0.1) is 13.7 Å². The van der Waals surface area contributed by atoms with Crippen LogP contribution in [0.15, 0.2) is 48.5 Å². The van der Waals surface area contributed by atoms with E-state index in [0.717, 1.165) is 11.1 Å². The Morgan fingerprint density at radius 1 is 1.20 bits per heavy atom. The van der Waals surface area contributed by atoms with Gasteiger partial charge in [0.1, 0.15) is 6.61 Å². The molecule has 5 heteroatoms. The number of benzene rings is 2. The lowest BCUT2D eigenvalue weighted by Crippen LogP contribution is -2.24. The number of rotatable bonds is 8. The van der Waals surface area contributed by atoms with Gasteiger partial charge in [-0.15, -0.1) is 0 Å². The van der Waals surface area contributed by atoms with E-state index in [9.17, 15) is 4.79 Å². The molecule has 1 amide bonds. The molecule has 2 aromatic carbocycles. The van der Waals surface area contributed by atoms with Crippen LogP contribution in [0.1, 0.15) is 16.7 Å². The number of nitrogens with one attached hydrogen (secondary N) is 1. The molecular formula is C20H23NO4. The number of aliphatic hydroxyl groups is 1. The Balaban J connectivity index is 2.05. The number of carbonyl (C=O) groups is 1. The highest BCUT2D eigenvalue weighted by Gasteiger charge is 2.06. The molecule has 0 spiro atoms. The highest BCUT2D eigenvalue weighted by molar-refractivity contribution is 5.91. The lowest BCUT2D eigenvalue weighted by atomic mass is 10.1. The second kappa shape index (κ2) is 9.49. The molecule has 0 fully saturated rings. The molecule has 5 nitrogen and oxygen atoms in total. The number of amides is 1. The summed E-state index contributed by atoms with van der Waals surface area (Å²) in [6.07, 6.45) is 3.10. The molecule has 132 valence electrons. The highest BCUT2D eigenvalue weighted by atomic mass is 16.5. The number of ether oxygens (including phenoxy) is 2. The maximum absolute atomic E-state index is 11.5. The molecule has 0 radical (unpaired) electrons. The van der Waals surface area contributed by atoms with Gasteiger partial charge in [0.2, 0.25) is 5.91 Å². The molecule has 0 saturated heterocycles. The van der Waals surface area contributed by atoms with Crippen LogP contribution >= 0.6 is 0 Å². The molecular weight excluding hydrogens is 318 g/mol. The van der Waals surface area contributed by atoms with E-state index in [4.69, 9.17) is 14.6 Å². The van der Waals surface area contributed by atoms with E-state index < -0.39 is 0 Å². The standard InChI is InChI=1S/C20H23NO4/c1-15-5-3-4-6-17(15)14-25-18-9-7-16(13-19(18)24-2)8-10-20(23)21-11-12-22/h3-10,13,22H,11-12,14H2,1-2H3,(H,21,23)/b10-8+. The molecule has 0 aliphatic heterocycles. The average molecular weight is 341 g/mol. The third-order valence-electron chi connectivity index (χ3n) is 3.67. The summed E-state index contributed by atoms with van der Waals surface area (Å²) in [6.45, 7) is 2.66. The quantitative estimate of drug-likeness (QED) is 0.725. The van der Waals surface area contributed by atoms with Crippen LogP contribution in [0.3, 0.4) is 0 Å². The maximum Gasteiger partial charge on any atom is 0.244 e. The van der Waals surface area contributed by atoms with Crippen LogP contribution in [-0.2, 0) is 11.4 Å². The van der Waals surface area contributed by atoms with Crippen LogP contribution in [-0.4, -0.2) is 31.3 Å². The summed E-state index contributed by atoms with van der Waals surface area (Å²) in [5.74, 6) is 0.993. The van der Waals surface area contributed by atoms with Crippen molar-refractivity contribution >= 4 is 12.0 Å². The van der Waals surface area contributed by atoms with Crippen molar-refractivity contribution in [1.82, 2.24) is 5.32 Å². The van der Waals surface area contributed by atoms with Crippen LogP contribution in [0.5, 0.6) is 11.5 Å². The molecule has 0 bridgehead atoms. The van der Waals surface area contributed by atoms with Crippen LogP contribution in [0.4, 0.5) is 0 Å². The SMILES string of the molecule is COc1cc(/C=C/C(=O)NCCO)ccc1OCc1ccccc1C. The van der Waals surface area contributed by atoms with Crippen LogP contribution in [0.25, 0.3) is 6.08 Å². The van der Waals surface area contributed by atoms with Crippen molar-refractivity contribution in [3.8, 4) is 11.5 Å². The monoisotopic (exact) mass is 341 g/mol. The second-order valence-electron chi connectivity index (χ2n) is 5.47. The smallest absolute Gasteiger partial charge is 0.244 e. The minimum Gasteiger partial charge on any atom is -0.493 e. The Hall–Kier alpha value is -2.79. The molecule has 0 saturated carbocycles. The summed E-state index contributed by atoms with van der Waals surface area (Å²) in [4.78, 5) is 11.5. The van der Waals surface area contributed by atoms with E-state index in [1.807, 2.05) is 49.4 Å². The van der Waals surface area contributed by atoms with E-state index in [1.165, 1.54) is 11.6 Å². The Morgan fingerprint density at radius 2 is 2.00 bits per heavy atom. The molecule has 25 heavy (non-hydrogen) atoms. The normalized spacial score (nSPS) is 10.7. The molecule has 0 aromatic heterocycles. The molecule has 0 aliphatic carbocycles. The predicted molar refractivity (Wildman–Crippen MR) is 97.6 cm³/mol. The van der Waals surface area contributed by atoms with Gasteiger partial charge in [-0.1, -0.05) is 30.3 Å². The van der Waals surface area contributed by atoms with Crippen LogP contribution in [0, 0.1) is 6.92 Å². The van der Waals surface area contributed by atoms with Gasteiger partial charge in [0.25, 0.3) is 0 Å². The van der Waals surface area contributed by atoms with Crippen molar-refractivity contribution < 1.29 is 19.4 Å². The second-order valence-corrected chi connectivity index (χ2v) is 5.47. The minimum absolute atomic E-state index is 0.0830. The zero-order valence-corrected chi connectivity index (χ0v) is 14.5. The predicted octanol–water partition coefficient (Wildman–Crippen LogP) is 2.70. The third kappa shape index (κ3) is 5.65. The van der Waals surface area contributed by atoms with E-state index in [2.05, 4.69) is 5.32 Å². The number of aliphatic hydroxyl groups excluding tert-OH is 1. The first-order valence-corrected chi connectivity index (χ1v) is 8.06. The van der Waals surface area contributed by atoms with Crippen molar-refractivity contribution in [3.05, 3.63) is 65.2 Å². The Labute approximate surface area is 147 Å². The molecule has 2 aromatic rings. The fourth-order valence-electron chi connectivity index (χ4n) is 2.24. The lowest BCUT2D eigenvalue weighted by Gasteiger charge is -2.12. The first-order chi connectivity index (χ1) is 12.1. The van der Waals surface area contributed by atoms with Gasteiger partial charge in [-0.3, -0.25) is 4.79 Å². The Kier molecular flexibility index (Phi) is 7.04. The van der Waals surface area contributed by atoms with Crippen molar-refractivity contribution in [2.24, 2.45) is 0 Å². The topological polar surface area (TPSA) is 67.8 Å². The largest absolute Gasteiger partial charge is 0.493 e. The number of hydrogen-bond donors (Lipinski definition) is 2. The van der Waals surface area contributed by atoms with Gasteiger partial charge in [-0.2, -0.15) is 0 Å². The van der Waals surface area contributed by atoms with Gasteiger partial charge in [-0.25, -0.2) is 0 Å². The van der Waals surface area contributed by atoms with Crippen LogP contribution < -0.4 is 14.8 Å². The Bertz CT molecular complexity index is 740. The lowest BCUT2D eigenvalue weighted by molar-refractivity contribution is -0.116. The van der Waals surface area contributed by atoms with Gasteiger partial charge in [-0.05, 0) is 41.8 Å². The van der Waals surface area contributed by atoms with E-state index in [1.54, 1.807) is 13.2 Å². The summed E-state index contributed by atoms with van der Waals surface area (Å²) in [5.41, 5.74) is 3.11. The molecule has 0 unspecified atom stereocenters. The van der Waals surface area contributed by atoms with Gasteiger partial charge >= 0.3 is 0 Å². The number of aryl methyl sites for hydroxylation is 1. The summed E-state index contributed by atoms with van der Waals surface area (Å²) >= 11 is 0. The van der Waals surface area contributed by atoms with Crippen LogP contribution in [0.2, 0.25) is 0 Å². The van der Waals surface area contributed by atoms with Gasteiger partial charge in [0, 0.05) is 12.6 Å². The van der Waals surface area contributed by atoms with E-state index in [0.29, 0.717) is 18.1 Å². The minimum atomic E-state index is -0.257. The molecule has 2 rings (SSSR count). The van der Waals surface area contributed by atoms with Gasteiger partial charge in [0.15, 0.2) is 11.5 Å². The van der Waals surface area contributed by atoms with Crippen molar-refractivity contribution in [1.29, 1.82) is 0 Å². The first-order valence-electron chi connectivity index (χ1n) is 8.06. The molecule has 0 atom stereocenters. The molecule has 0 aliphatic rings. The first kappa shape index (κ1) is 18.5. The van der Waals surface area contributed by atoms with Gasteiger partial charge < -0.3 is 19.9 Å². The highest BCUT2D eigenvalue weighted by Crippen LogP contribution is 2.29. The number of carbonyl (C=O) groups excluding carboxylic acids is 1. The van der Waals surface area contributed by atoms with Crippen molar-refractivity contribution in [3.63, 3.8) is 0 Å². The molecule has 2 N–H and O–H groups in total. The Morgan fingerprint density at radius 3 is 2.72 bits per heavy atom. The zero-order chi connectivity index (χ0) is 18.1. The van der Waals surface area contributed by atoms with Crippen molar-refractivity contribution in [2.45, 2.75) is 13.5 Å². The average Bonchev–Trinajstić information content (AvgIpc) is 2.64. The summed E-state index contributed by atoms with van der Waals surface area (Å²) < 4.78 is 11.3. The molecule has 0 heterocycles. The fraction of sp³-hybridized carbons (Fsp3) is 0.250. The summed E-state index contributed by atoms with van der Waals surface area (Å²) in [6, 6.07) is 13.5. The number of methoxy groups -OCH3 is 1. The maximum atomic E-state index is 11.5. The summed E-state index contributed by atoms with van der Waals surface area (Å²) in [5, 5.41) is 11.2. The number of hydrogen-bond acceptors (Lipinski definition) is 4. The fourth-order valence-corrected chi connectivity index (χ4v) is 2.24. The third-order valence-corrected chi connectivity index (χ3v) is 3.67. The van der Waals surface area contributed by atoms with E-state index >= 15 is 0 Å².